The van der Waals surface area contributed by atoms with Gasteiger partial charge in [0.2, 0.25) is 5.88 Å². The van der Waals surface area contributed by atoms with E-state index in [9.17, 15) is 9.18 Å². The fourth-order valence-corrected chi connectivity index (χ4v) is 3.77. The minimum Gasteiger partial charge on any atom is -0.480 e. The van der Waals surface area contributed by atoms with Gasteiger partial charge in [0.05, 0.1) is 19.5 Å². The smallest absolute Gasteiger partial charge is 0.288 e. The van der Waals surface area contributed by atoms with Crippen LogP contribution in [-0.4, -0.2) is 29.0 Å². The van der Waals surface area contributed by atoms with Crippen LogP contribution in [-0.2, 0) is 10.3 Å². The normalized spacial score (nSPS) is 22.8. The Kier molecular flexibility index (Phi) is 4.65. The molecule has 1 unspecified atom stereocenters. The number of anilines is 1. The van der Waals surface area contributed by atoms with Crippen molar-refractivity contribution >= 4 is 17.6 Å². The Morgan fingerprint density at radius 3 is 2.93 bits per heavy atom. The van der Waals surface area contributed by atoms with Crippen LogP contribution in [0.4, 0.5) is 10.1 Å². The van der Waals surface area contributed by atoms with Gasteiger partial charge in [-0.2, -0.15) is 0 Å². The van der Waals surface area contributed by atoms with E-state index in [1.54, 1.807) is 6.07 Å². The maximum Gasteiger partial charge on any atom is 0.288 e. The number of hydrogen-bond donors (Lipinski definition) is 2. The number of carbonyl (C=O) groups is 1. The van der Waals surface area contributed by atoms with Gasteiger partial charge in [-0.3, -0.25) is 4.79 Å². The first kappa shape index (κ1) is 18.9. The zero-order valence-electron chi connectivity index (χ0n) is 16.0. The van der Waals surface area contributed by atoms with Gasteiger partial charge in [0.25, 0.3) is 11.9 Å². The monoisotopic (exact) mass is 397 g/mol. The molecular weight excluding hydrogens is 377 g/mol. The standard InChI is InChI=1S/C20H20FN5O3/c1-20(12-4-3-5-16(12)29-19(22)26-20)13-8-11(6-7-14(13)21)25-18(27)15-9-24-17(28-2)10-23-15/h5-10,12H,3-4H2,1-2H3,(H2,22,26)(H,25,27)/t12?,20-/m0/s1. The highest BCUT2D eigenvalue weighted by atomic mass is 19.1. The van der Waals surface area contributed by atoms with Gasteiger partial charge in [0.15, 0.2) is 0 Å². The summed E-state index contributed by atoms with van der Waals surface area (Å²) in [5, 5.41) is 2.72. The molecule has 0 spiro atoms. The Balaban J connectivity index is 1.65. The van der Waals surface area contributed by atoms with Crippen LogP contribution in [0.5, 0.6) is 5.88 Å². The number of ether oxygens (including phenoxy) is 2. The van der Waals surface area contributed by atoms with E-state index in [0.717, 1.165) is 12.8 Å². The van der Waals surface area contributed by atoms with Gasteiger partial charge in [0, 0.05) is 17.2 Å². The molecule has 0 saturated carbocycles. The number of hydrogen-bond acceptors (Lipinski definition) is 7. The van der Waals surface area contributed by atoms with Crippen LogP contribution in [0.15, 0.2) is 47.4 Å². The lowest BCUT2D eigenvalue weighted by atomic mass is 9.78. The van der Waals surface area contributed by atoms with Crippen LogP contribution >= 0.6 is 0 Å². The number of nitrogens with one attached hydrogen (secondary N) is 1. The molecule has 1 aliphatic carbocycles. The zero-order chi connectivity index (χ0) is 20.6. The van der Waals surface area contributed by atoms with Crippen molar-refractivity contribution in [3.8, 4) is 5.88 Å². The highest BCUT2D eigenvalue weighted by molar-refractivity contribution is 6.02. The summed E-state index contributed by atoms with van der Waals surface area (Å²) in [5.74, 6) is -0.0160. The van der Waals surface area contributed by atoms with Crippen LogP contribution in [0.1, 0.15) is 35.8 Å². The van der Waals surface area contributed by atoms with E-state index in [4.69, 9.17) is 15.2 Å². The van der Waals surface area contributed by atoms with Gasteiger partial charge in [-0.25, -0.2) is 19.4 Å². The lowest BCUT2D eigenvalue weighted by molar-refractivity contribution is 0.102. The number of aromatic nitrogens is 2. The molecule has 3 N–H and O–H groups in total. The molecule has 2 aromatic rings. The van der Waals surface area contributed by atoms with E-state index in [-0.39, 0.29) is 17.6 Å². The molecule has 150 valence electrons. The van der Waals surface area contributed by atoms with Crippen molar-refractivity contribution < 1.29 is 18.7 Å². The summed E-state index contributed by atoms with van der Waals surface area (Å²) in [4.78, 5) is 24.9. The van der Waals surface area contributed by atoms with Gasteiger partial charge >= 0.3 is 0 Å². The zero-order valence-corrected chi connectivity index (χ0v) is 16.0. The average Bonchev–Trinajstić information content (AvgIpc) is 3.18. The van der Waals surface area contributed by atoms with E-state index in [0.29, 0.717) is 22.9 Å². The highest BCUT2D eigenvalue weighted by Crippen LogP contribution is 2.47. The number of amidine groups is 1. The van der Waals surface area contributed by atoms with E-state index in [1.807, 2.05) is 13.0 Å². The Bertz CT molecular complexity index is 1020. The fourth-order valence-electron chi connectivity index (χ4n) is 3.77. The molecule has 1 aliphatic heterocycles. The van der Waals surface area contributed by atoms with Gasteiger partial charge in [0.1, 0.15) is 22.8 Å². The van der Waals surface area contributed by atoms with Crippen molar-refractivity contribution in [3.63, 3.8) is 0 Å². The Hall–Kier alpha value is -3.49. The molecule has 0 fully saturated rings. The summed E-state index contributed by atoms with van der Waals surface area (Å²) in [6.45, 7) is 1.82. The van der Waals surface area contributed by atoms with Crippen molar-refractivity contribution in [2.75, 3.05) is 12.4 Å². The number of fused-ring (bicyclic) bond motifs is 1. The fraction of sp³-hybridized carbons (Fsp3) is 0.300. The second kappa shape index (κ2) is 7.16. The molecule has 8 nitrogen and oxygen atoms in total. The molecule has 0 bridgehead atoms. The molecular formula is C20H20FN5O3. The summed E-state index contributed by atoms with van der Waals surface area (Å²) < 4.78 is 25.3. The van der Waals surface area contributed by atoms with Crippen LogP contribution in [0.25, 0.3) is 0 Å². The van der Waals surface area contributed by atoms with Crippen molar-refractivity contribution in [1.82, 2.24) is 9.97 Å². The van der Waals surface area contributed by atoms with Crippen molar-refractivity contribution in [1.29, 1.82) is 0 Å². The number of amides is 1. The Morgan fingerprint density at radius 1 is 1.38 bits per heavy atom. The minimum atomic E-state index is -0.935. The third kappa shape index (κ3) is 3.39. The number of allylic oxidation sites excluding steroid dienone is 1. The summed E-state index contributed by atoms with van der Waals surface area (Å²) in [5.41, 5.74) is 5.76. The minimum absolute atomic E-state index is 0.000698. The van der Waals surface area contributed by atoms with Gasteiger partial charge in [-0.15, -0.1) is 0 Å². The molecule has 2 heterocycles. The number of benzene rings is 1. The highest BCUT2D eigenvalue weighted by Gasteiger charge is 2.46. The average molecular weight is 397 g/mol. The van der Waals surface area contributed by atoms with E-state index >= 15 is 0 Å². The number of nitrogens with zero attached hydrogens (tertiary/aromatic N) is 3. The topological polar surface area (TPSA) is 112 Å². The number of nitrogens with two attached hydrogens (primary N) is 1. The lowest BCUT2D eigenvalue weighted by Gasteiger charge is -2.37. The summed E-state index contributed by atoms with van der Waals surface area (Å²) in [7, 11) is 1.46. The number of aliphatic imine (C=N–C) groups is 1. The second-order valence-corrected chi connectivity index (χ2v) is 7.03. The number of rotatable bonds is 4. The van der Waals surface area contributed by atoms with Crippen molar-refractivity contribution in [2.45, 2.75) is 25.3 Å². The first-order valence-electron chi connectivity index (χ1n) is 9.11. The molecule has 9 heteroatoms. The maximum absolute atomic E-state index is 14.8. The van der Waals surface area contributed by atoms with E-state index < -0.39 is 17.3 Å². The second-order valence-electron chi connectivity index (χ2n) is 7.03. The third-order valence-corrected chi connectivity index (χ3v) is 5.23. The Morgan fingerprint density at radius 2 is 2.21 bits per heavy atom. The summed E-state index contributed by atoms with van der Waals surface area (Å²) >= 11 is 0. The first-order chi connectivity index (χ1) is 13.9. The van der Waals surface area contributed by atoms with Crippen LogP contribution in [0.2, 0.25) is 0 Å². The molecule has 0 saturated heterocycles. The van der Waals surface area contributed by atoms with E-state index in [1.165, 1.54) is 31.6 Å². The van der Waals surface area contributed by atoms with Crippen LogP contribution in [0, 0.1) is 11.7 Å². The maximum atomic E-state index is 14.8. The van der Waals surface area contributed by atoms with Gasteiger partial charge in [-0.05, 0) is 44.0 Å². The molecule has 2 atom stereocenters. The molecule has 0 radical (unpaired) electrons. The SMILES string of the molecule is COc1cnc(C(=O)Nc2ccc(F)c([C@@]3(C)N=C(N)OC4=CCCC43)c2)cn1. The Labute approximate surface area is 166 Å². The molecule has 29 heavy (non-hydrogen) atoms. The quantitative estimate of drug-likeness (QED) is 0.820. The number of carbonyl (C=O) groups excluding carboxylic acids is 1. The van der Waals surface area contributed by atoms with Gasteiger partial charge < -0.3 is 20.5 Å². The number of halogens is 1. The molecule has 1 aromatic heterocycles. The predicted molar refractivity (Wildman–Crippen MR) is 104 cm³/mol. The number of methoxy groups -OCH3 is 1. The molecule has 1 aromatic carbocycles. The predicted octanol–water partition coefficient (Wildman–Crippen LogP) is 2.73. The van der Waals surface area contributed by atoms with Gasteiger partial charge in [-0.1, -0.05) is 0 Å². The first-order valence-corrected chi connectivity index (χ1v) is 9.11. The van der Waals surface area contributed by atoms with Crippen LogP contribution < -0.4 is 15.8 Å². The molecule has 4 rings (SSSR count). The summed E-state index contributed by atoms with van der Waals surface area (Å²) in [6.07, 6.45) is 6.20. The van der Waals surface area contributed by atoms with Crippen molar-refractivity contribution in [2.24, 2.45) is 16.6 Å². The lowest BCUT2D eigenvalue weighted by Crippen LogP contribution is -2.39. The summed E-state index contributed by atoms with van der Waals surface area (Å²) in [6, 6.07) is 4.35. The third-order valence-electron chi connectivity index (χ3n) is 5.23. The van der Waals surface area contributed by atoms with Crippen LogP contribution in [0.3, 0.4) is 0 Å². The molecule has 2 aliphatic rings. The van der Waals surface area contributed by atoms with Crippen molar-refractivity contribution in [3.05, 3.63) is 59.5 Å². The largest absolute Gasteiger partial charge is 0.480 e. The molecule has 1 amide bonds. The van der Waals surface area contributed by atoms with E-state index in [2.05, 4.69) is 20.3 Å².